The summed E-state index contributed by atoms with van der Waals surface area (Å²) >= 11 is 0. The molecule has 21 heavy (non-hydrogen) atoms. The highest BCUT2D eigenvalue weighted by Crippen LogP contribution is 2.38. The predicted molar refractivity (Wildman–Crippen MR) is 82.0 cm³/mol. The van der Waals surface area contributed by atoms with E-state index >= 15 is 0 Å². The summed E-state index contributed by atoms with van der Waals surface area (Å²) in [5, 5.41) is 0. The van der Waals surface area contributed by atoms with Crippen LogP contribution in [0.5, 0.6) is 17.2 Å². The molecular weight excluding hydrogens is 270 g/mol. The van der Waals surface area contributed by atoms with Crippen molar-refractivity contribution in [2.45, 2.75) is 33.4 Å². The smallest absolute Gasteiger partial charge is 0.210 e. The highest BCUT2D eigenvalue weighted by molar-refractivity contribution is 5.55. The van der Waals surface area contributed by atoms with Crippen LogP contribution in [0.4, 0.5) is 0 Å². The Labute approximate surface area is 126 Å². The fourth-order valence-corrected chi connectivity index (χ4v) is 2.10. The number of rotatable bonds is 8. The van der Waals surface area contributed by atoms with E-state index in [-0.39, 0.29) is 6.04 Å². The van der Waals surface area contributed by atoms with Crippen LogP contribution in [0.1, 0.15) is 26.3 Å². The monoisotopic (exact) mass is 295 g/mol. The summed E-state index contributed by atoms with van der Waals surface area (Å²) in [4.78, 5) is 13.1. The minimum Gasteiger partial charge on any atom is -0.493 e. The predicted octanol–water partition coefficient (Wildman–Crippen LogP) is 2.72. The maximum absolute atomic E-state index is 11.3. The van der Waals surface area contributed by atoms with Gasteiger partial charge in [-0.25, -0.2) is 0 Å². The number of amides is 1. The van der Waals surface area contributed by atoms with Gasteiger partial charge in [-0.3, -0.25) is 4.79 Å². The average molecular weight is 295 g/mol. The van der Waals surface area contributed by atoms with Gasteiger partial charge in [0, 0.05) is 12.6 Å². The molecule has 0 spiro atoms. The second-order valence-electron chi connectivity index (χ2n) is 5.30. The molecule has 1 rings (SSSR count). The first kappa shape index (κ1) is 17.1. The average Bonchev–Trinajstić information content (AvgIpc) is 2.50. The molecule has 0 N–H and O–H groups in total. The summed E-state index contributed by atoms with van der Waals surface area (Å²) in [6, 6.07) is 3.89. The van der Waals surface area contributed by atoms with E-state index in [9.17, 15) is 4.79 Å². The Kier molecular flexibility index (Phi) is 6.34. The van der Waals surface area contributed by atoms with Gasteiger partial charge in [-0.2, -0.15) is 0 Å². The Hall–Kier alpha value is -1.91. The fourth-order valence-electron chi connectivity index (χ4n) is 2.10. The molecule has 0 unspecified atom stereocenters. The van der Waals surface area contributed by atoms with Gasteiger partial charge in [-0.15, -0.1) is 0 Å². The minimum atomic E-state index is 0.154. The van der Waals surface area contributed by atoms with Crippen LogP contribution in [-0.2, 0) is 11.3 Å². The molecule has 0 aliphatic carbocycles. The molecule has 0 aliphatic rings. The zero-order valence-corrected chi connectivity index (χ0v) is 13.7. The third-order valence-corrected chi connectivity index (χ3v) is 3.71. The van der Waals surface area contributed by atoms with Crippen LogP contribution < -0.4 is 14.2 Å². The van der Waals surface area contributed by atoms with Crippen molar-refractivity contribution in [2.75, 3.05) is 21.3 Å². The first-order valence-electron chi connectivity index (χ1n) is 6.98. The Morgan fingerprint density at radius 3 is 1.90 bits per heavy atom. The third-order valence-electron chi connectivity index (χ3n) is 3.71. The van der Waals surface area contributed by atoms with E-state index in [0.29, 0.717) is 29.7 Å². The first-order valence-corrected chi connectivity index (χ1v) is 6.98. The van der Waals surface area contributed by atoms with Crippen LogP contribution in [0.3, 0.4) is 0 Å². The topological polar surface area (TPSA) is 48.0 Å². The van der Waals surface area contributed by atoms with Crippen molar-refractivity contribution in [1.29, 1.82) is 0 Å². The SMILES string of the molecule is COc1cc(CN(C=O)[C@H](C)C(C)C)cc(OC)c1OC. The Balaban J connectivity index is 3.10. The lowest BCUT2D eigenvalue weighted by Crippen LogP contribution is -2.35. The maximum atomic E-state index is 11.3. The number of carbonyl (C=O) groups is 1. The third kappa shape index (κ3) is 4.03. The van der Waals surface area contributed by atoms with E-state index in [0.717, 1.165) is 12.0 Å². The van der Waals surface area contributed by atoms with Crippen LogP contribution in [0.15, 0.2) is 12.1 Å². The second kappa shape index (κ2) is 7.76. The molecule has 0 saturated carbocycles. The number of carbonyl (C=O) groups excluding carboxylic acids is 1. The lowest BCUT2D eigenvalue weighted by atomic mass is 10.0. The lowest BCUT2D eigenvalue weighted by molar-refractivity contribution is -0.121. The molecule has 5 heteroatoms. The van der Waals surface area contributed by atoms with Crippen molar-refractivity contribution >= 4 is 6.41 Å². The molecule has 1 atom stereocenters. The van der Waals surface area contributed by atoms with Crippen LogP contribution >= 0.6 is 0 Å². The summed E-state index contributed by atoms with van der Waals surface area (Å²) < 4.78 is 16.0. The number of nitrogens with zero attached hydrogens (tertiary/aromatic N) is 1. The molecule has 0 aliphatic heterocycles. The summed E-state index contributed by atoms with van der Waals surface area (Å²) in [6.45, 7) is 6.73. The maximum Gasteiger partial charge on any atom is 0.210 e. The van der Waals surface area contributed by atoms with Crippen molar-refractivity contribution in [3.63, 3.8) is 0 Å². The van der Waals surface area contributed by atoms with E-state index in [1.54, 1.807) is 26.2 Å². The van der Waals surface area contributed by atoms with Crippen molar-refractivity contribution in [3.05, 3.63) is 17.7 Å². The summed E-state index contributed by atoms with van der Waals surface area (Å²) in [7, 11) is 4.73. The van der Waals surface area contributed by atoms with Gasteiger partial charge >= 0.3 is 0 Å². The van der Waals surface area contributed by atoms with Crippen LogP contribution in [0.2, 0.25) is 0 Å². The molecule has 5 nitrogen and oxygen atoms in total. The largest absolute Gasteiger partial charge is 0.493 e. The van der Waals surface area contributed by atoms with E-state index in [4.69, 9.17) is 14.2 Å². The Bertz CT molecular complexity index is 448. The van der Waals surface area contributed by atoms with Crippen molar-refractivity contribution in [3.8, 4) is 17.2 Å². The molecule has 1 aromatic carbocycles. The summed E-state index contributed by atoms with van der Waals surface area (Å²) in [5.74, 6) is 2.13. The van der Waals surface area contributed by atoms with E-state index in [1.165, 1.54) is 0 Å². The molecule has 0 saturated heterocycles. The zero-order chi connectivity index (χ0) is 16.0. The van der Waals surface area contributed by atoms with Gasteiger partial charge in [0.1, 0.15) is 0 Å². The van der Waals surface area contributed by atoms with Crippen LogP contribution in [0.25, 0.3) is 0 Å². The Morgan fingerprint density at radius 1 is 1.05 bits per heavy atom. The molecule has 0 fully saturated rings. The molecule has 0 radical (unpaired) electrons. The van der Waals surface area contributed by atoms with Gasteiger partial charge in [-0.05, 0) is 30.5 Å². The van der Waals surface area contributed by atoms with Gasteiger partial charge in [0.15, 0.2) is 11.5 Å². The Morgan fingerprint density at radius 2 is 1.57 bits per heavy atom. The summed E-state index contributed by atoms with van der Waals surface area (Å²) in [5.41, 5.74) is 0.934. The van der Waals surface area contributed by atoms with Crippen LogP contribution in [0, 0.1) is 5.92 Å². The van der Waals surface area contributed by atoms with Crippen molar-refractivity contribution in [1.82, 2.24) is 4.90 Å². The molecule has 1 amide bonds. The molecule has 0 aromatic heterocycles. The highest BCUT2D eigenvalue weighted by Gasteiger charge is 2.18. The number of hydrogen-bond donors (Lipinski definition) is 0. The molecule has 118 valence electrons. The summed E-state index contributed by atoms with van der Waals surface area (Å²) in [6.07, 6.45) is 0.883. The van der Waals surface area contributed by atoms with Crippen molar-refractivity contribution in [2.24, 2.45) is 5.92 Å². The second-order valence-corrected chi connectivity index (χ2v) is 5.30. The number of benzene rings is 1. The highest BCUT2D eigenvalue weighted by atomic mass is 16.5. The first-order chi connectivity index (χ1) is 9.98. The molecular formula is C16H25NO4. The van der Waals surface area contributed by atoms with E-state index < -0.39 is 0 Å². The minimum absolute atomic E-state index is 0.154. The van der Waals surface area contributed by atoms with Crippen molar-refractivity contribution < 1.29 is 19.0 Å². The van der Waals surface area contributed by atoms with Gasteiger partial charge in [-0.1, -0.05) is 13.8 Å². The fraction of sp³-hybridized carbons (Fsp3) is 0.562. The molecule has 0 bridgehead atoms. The van der Waals surface area contributed by atoms with E-state index in [2.05, 4.69) is 13.8 Å². The molecule has 0 heterocycles. The molecule has 1 aromatic rings. The quantitative estimate of drug-likeness (QED) is 0.692. The number of methoxy groups -OCH3 is 3. The number of hydrogen-bond acceptors (Lipinski definition) is 4. The van der Waals surface area contributed by atoms with Gasteiger partial charge < -0.3 is 19.1 Å². The van der Waals surface area contributed by atoms with Gasteiger partial charge in [0.05, 0.1) is 21.3 Å². The van der Waals surface area contributed by atoms with Crippen LogP contribution in [-0.4, -0.2) is 38.7 Å². The van der Waals surface area contributed by atoms with E-state index in [1.807, 2.05) is 19.1 Å². The van der Waals surface area contributed by atoms with Gasteiger partial charge in [0.2, 0.25) is 12.2 Å². The number of ether oxygens (including phenoxy) is 3. The van der Waals surface area contributed by atoms with Gasteiger partial charge in [0.25, 0.3) is 0 Å². The standard InChI is InChI=1S/C16H25NO4/c1-11(2)12(3)17(10-18)9-13-7-14(19-4)16(21-6)15(8-13)20-5/h7-8,10-12H,9H2,1-6H3/t12-/m1/s1. The normalized spacial score (nSPS) is 12.0. The lowest BCUT2D eigenvalue weighted by Gasteiger charge is -2.28. The zero-order valence-electron chi connectivity index (χ0n) is 13.7.